The maximum atomic E-state index is 2.67. The topological polar surface area (TPSA) is 9.72 Å². The molecule has 0 fully saturated rings. The minimum absolute atomic E-state index is 0.273. The van der Waals surface area contributed by atoms with Gasteiger partial charge in [-0.3, -0.25) is 0 Å². The van der Waals surface area contributed by atoms with Crippen LogP contribution in [0.3, 0.4) is 0 Å². The summed E-state index contributed by atoms with van der Waals surface area (Å²) >= 11 is 0. The van der Waals surface area contributed by atoms with Crippen molar-refractivity contribution in [1.82, 2.24) is 0 Å². The predicted molar refractivity (Wildman–Crippen MR) is 465 cm³/mol. The summed E-state index contributed by atoms with van der Waals surface area (Å²) in [7, 11) is -6.16. The van der Waals surface area contributed by atoms with Crippen molar-refractivity contribution < 1.29 is 0 Å². The smallest absolute Gasteiger partial charge is 0.252 e. The summed E-state index contributed by atoms with van der Waals surface area (Å²) in [4.78, 5) is 7.86. The number of benzene rings is 17. The summed E-state index contributed by atoms with van der Waals surface area (Å²) < 4.78 is 0. The van der Waals surface area contributed by atoms with E-state index in [1.54, 1.807) is 0 Å². The fourth-order valence-corrected chi connectivity index (χ4v) is 28.4. The molecule has 6 heteroatoms. The summed E-state index contributed by atoms with van der Waals surface area (Å²) in [5.41, 5.74) is 22.4. The van der Waals surface area contributed by atoms with Gasteiger partial charge in [-0.25, -0.2) is 0 Å². The molecule has 3 aliphatic heterocycles. The number of rotatable bonds is 15. The Kier molecular flexibility index (Phi) is 16.3. The van der Waals surface area contributed by atoms with Gasteiger partial charge in [0, 0.05) is 34.1 Å². The second-order valence-corrected chi connectivity index (χ2v) is 36.5. The second kappa shape index (κ2) is 27.2. The van der Waals surface area contributed by atoms with Gasteiger partial charge in [0.05, 0.1) is 22.5 Å². The monoisotopic (exact) mass is 1420 g/mol. The highest BCUT2D eigenvalue weighted by Gasteiger charge is 2.51. The standard InChI is InChI=1S/C103H74BN3Si2/c1-11-36-75(37-12-1)77-40-35-45-82(70-77)106-98-68-62-78(76-38-13-2-14-39-76)71-94(98)104-95-74-91(109(87-52-25-8-26-53-87,88-54-27-9-28-55-88)89-56-29-10-30-57-89)67-69-99(95)105(81-63-65-90(66-64-81)108(84-46-19-5-20-47-84,85-48-21-6-22-49-85)86-50-23-7-24-51-86)100-72-83(73-101(106)102(100)104)107-96-60-33-31-58-92(96)103(79-41-15-3-16-42-79,80-43-17-4-18-44-80)93-59-32-34-61-97(93)107/h1-74H. The maximum Gasteiger partial charge on any atom is 0.252 e. The molecule has 3 nitrogen and oxygen atoms in total. The first-order valence-corrected chi connectivity index (χ1v) is 41.9. The van der Waals surface area contributed by atoms with Gasteiger partial charge in [0.2, 0.25) is 0 Å². The first kappa shape index (κ1) is 65.2. The van der Waals surface area contributed by atoms with Crippen LogP contribution < -0.4 is 72.6 Å². The van der Waals surface area contributed by atoms with Crippen molar-refractivity contribution in [2.75, 3.05) is 14.7 Å². The van der Waals surface area contributed by atoms with Gasteiger partial charge in [-0.05, 0) is 163 Å². The van der Waals surface area contributed by atoms with Crippen LogP contribution >= 0.6 is 0 Å². The normalized spacial score (nSPS) is 13.1. The highest BCUT2D eigenvalue weighted by Crippen LogP contribution is 2.59. The molecule has 0 radical (unpaired) electrons. The average molecular weight is 1420 g/mol. The van der Waals surface area contributed by atoms with Crippen molar-refractivity contribution in [1.29, 1.82) is 0 Å². The molecule has 0 aliphatic carbocycles. The summed E-state index contributed by atoms with van der Waals surface area (Å²) in [6, 6.07) is 170. The van der Waals surface area contributed by atoms with Crippen LogP contribution in [-0.4, -0.2) is 22.9 Å². The van der Waals surface area contributed by atoms with Crippen molar-refractivity contribution in [3.8, 4) is 22.3 Å². The molecule has 20 rings (SSSR count). The number of anilines is 9. The molecule has 0 atom stereocenters. The molecule has 3 aliphatic rings. The Morgan fingerprint density at radius 2 is 0.514 bits per heavy atom. The molecular weight excluding hydrogens is 1350 g/mol. The van der Waals surface area contributed by atoms with Gasteiger partial charge < -0.3 is 14.7 Å². The number of hydrogen-bond donors (Lipinski definition) is 0. The van der Waals surface area contributed by atoms with Crippen molar-refractivity contribution in [3.63, 3.8) is 0 Å². The van der Waals surface area contributed by atoms with Crippen molar-refractivity contribution in [2.24, 2.45) is 0 Å². The van der Waals surface area contributed by atoms with Gasteiger partial charge in [-0.2, -0.15) is 0 Å². The molecule has 0 unspecified atom stereocenters. The molecule has 512 valence electrons. The SMILES string of the molecule is c1ccc(-c2cccc(N3c4ccc(-c5ccccc5)cc4B4c5cc([Si](c6ccccc6)(c6ccccc6)c6ccccc6)ccc5N(c5ccc([Si](c6ccccc6)(c6ccccc6)c6ccccc6)cc5)c5cc(N6c7ccccc7C(c7ccccc7)(c7ccccc7)c7ccccc76)cc3c54)c2)cc1. The number of fused-ring (bicyclic) bond motifs is 6. The zero-order valence-electron chi connectivity index (χ0n) is 60.1. The largest absolute Gasteiger partial charge is 0.311 e. The van der Waals surface area contributed by atoms with E-state index in [4.69, 9.17) is 0 Å². The third kappa shape index (κ3) is 10.5. The minimum Gasteiger partial charge on any atom is -0.311 e. The van der Waals surface area contributed by atoms with Gasteiger partial charge in [0.1, 0.15) is 0 Å². The Bertz CT molecular complexity index is 5880. The minimum atomic E-state index is -3.17. The van der Waals surface area contributed by atoms with E-state index in [9.17, 15) is 0 Å². The Morgan fingerprint density at radius 1 is 0.193 bits per heavy atom. The van der Waals surface area contributed by atoms with E-state index >= 15 is 0 Å². The van der Waals surface area contributed by atoms with Crippen LogP contribution in [-0.2, 0) is 5.41 Å². The van der Waals surface area contributed by atoms with Gasteiger partial charge in [-0.1, -0.05) is 388 Å². The Hall–Kier alpha value is -13.4. The molecule has 0 spiro atoms. The zero-order chi connectivity index (χ0) is 72.3. The lowest BCUT2D eigenvalue weighted by Crippen LogP contribution is -2.75. The molecule has 3 heterocycles. The van der Waals surface area contributed by atoms with Crippen molar-refractivity contribution in [3.05, 3.63) is 471 Å². The number of hydrogen-bond acceptors (Lipinski definition) is 3. The summed E-state index contributed by atoms with van der Waals surface area (Å²) in [5.74, 6) is 0. The Labute approximate surface area is 641 Å². The molecule has 17 aromatic rings. The zero-order valence-corrected chi connectivity index (χ0v) is 62.1. The van der Waals surface area contributed by atoms with E-state index in [1.807, 2.05) is 0 Å². The molecule has 0 saturated carbocycles. The third-order valence-electron chi connectivity index (χ3n) is 23.4. The lowest BCUT2D eigenvalue weighted by molar-refractivity contribution is 0.731. The third-order valence-corrected chi connectivity index (χ3v) is 32.9. The van der Waals surface area contributed by atoms with E-state index in [0.29, 0.717) is 0 Å². The molecule has 0 aromatic heterocycles. The first-order chi connectivity index (χ1) is 54.1. The van der Waals surface area contributed by atoms with Gasteiger partial charge in [0.25, 0.3) is 6.71 Å². The van der Waals surface area contributed by atoms with Gasteiger partial charge in [-0.15, -0.1) is 0 Å². The average Bonchev–Trinajstić information content (AvgIpc) is 0.704. The van der Waals surface area contributed by atoms with E-state index in [-0.39, 0.29) is 6.71 Å². The van der Waals surface area contributed by atoms with Crippen molar-refractivity contribution in [2.45, 2.75) is 5.41 Å². The van der Waals surface area contributed by atoms with Crippen LogP contribution in [0.5, 0.6) is 0 Å². The molecule has 0 saturated heterocycles. The maximum absolute atomic E-state index is 3.17. The fraction of sp³-hybridized carbons (Fsp3) is 0.00971. The number of nitrogens with zero attached hydrogens (tertiary/aromatic N) is 3. The van der Waals surface area contributed by atoms with E-state index in [1.165, 1.54) is 91.3 Å². The number of para-hydroxylation sites is 2. The molecular formula is C103H74BN3Si2. The van der Waals surface area contributed by atoms with Crippen LogP contribution in [0, 0.1) is 0 Å². The predicted octanol–water partition coefficient (Wildman–Crippen LogP) is 18.0. The first-order valence-electron chi connectivity index (χ1n) is 37.9. The highest BCUT2D eigenvalue weighted by molar-refractivity contribution is 7.20. The molecule has 17 aromatic carbocycles. The molecule has 109 heavy (non-hydrogen) atoms. The lowest BCUT2D eigenvalue weighted by atomic mass is 9.33. The van der Waals surface area contributed by atoms with E-state index in [2.05, 4.69) is 464 Å². The van der Waals surface area contributed by atoms with Crippen LogP contribution in [0.25, 0.3) is 22.3 Å². The van der Waals surface area contributed by atoms with Gasteiger partial charge in [0.15, 0.2) is 16.1 Å². The summed E-state index contributed by atoms with van der Waals surface area (Å²) in [6.45, 7) is -0.273. The van der Waals surface area contributed by atoms with E-state index in [0.717, 1.165) is 62.3 Å². The van der Waals surface area contributed by atoms with E-state index < -0.39 is 21.6 Å². The lowest BCUT2D eigenvalue weighted by Gasteiger charge is -2.48. The molecule has 0 N–H and O–H groups in total. The second-order valence-electron chi connectivity index (χ2n) is 28.9. The Balaban J connectivity index is 0.922. The van der Waals surface area contributed by atoms with Gasteiger partial charge >= 0.3 is 0 Å². The van der Waals surface area contributed by atoms with Crippen LogP contribution in [0.15, 0.2) is 449 Å². The summed E-state index contributed by atoms with van der Waals surface area (Å²) in [6.07, 6.45) is 0. The van der Waals surface area contributed by atoms with Crippen LogP contribution in [0.2, 0.25) is 0 Å². The van der Waals surface area contributed by atoms with Crippen LogP contribution in [0.1, 0.15) is 22.3 Å². The summed E-state index contributed by atoms with van der Waals surface area (Å²) in [5, 5.41) is 10.6. The van der Waals surface area contributed by atoms with Crippen LogP contribution in [0.4, 0.5) is 51.2 Å². The molecule has 0 amide bonds. The highest BCUT2D eigenvalue weighted by atomic mass is 28.3. The quantitative estimate of drug-likeness (QED) is 0.0748. The fourth-order valence-electron chi connectivity index (χ4n) is 18.9. The van der Waals surface area contributed by atoms with Crippen molar-refractivity contribution >= 4 is 132 Å². The molecule has 0 bridgehead atoms. The Morgan fingerprint density at radius 3 is 0.954 bits per heavy atom.